The summed E-state index contributed by atoms with van der Waals surface area (Å²) in [6.45, 7) is 3.94. The van der Waals surface area contributed by atoms with Gasteiger partial charge in [0.25, 0.3) is 0 Å². The first-order chi connectivity index (χ1) is 11.9. The number of rotatable bonds is 3. The highest BCUT2D eigenvalue weighted by atomic mass is 19.1. The van der Waals surface area contributed by atoms with Crippen molar-refractivity contribution in [2.24, 2.45) is 29.6 Å². The summed E-state index contributed by atoms with van der Waals surface area (Å²) in [5, 5.41) is 0. The Labute approximate surface area is 165 Å². The molecule has 0 amide bonds. The number of halogens is 2. The van der Waals surface area contributed by atoms with E-state index in [4.69, 9.17) is 4.74 Å². The molecule has 0 heterocycles. The molecular formula is C22H42F2O3. The summed E-state index contributed by atoms with van der Waals surface area (Å²) in [6.07, 6.45) is 6.70. The Morgan fingerprint density at radius 2 is 1.30 bits per heavy atom. The van der Waals surface area contributed by atoms with Crippen molar-refractivity contribution in [1.29, 1.82) is 0 Å². The second-order valence-corrected chi connectivity index (χ2v) is 9.05. The Bertz CT molecular complexity index is 437. The van der Waals surface area contributed by atoms with E-state index >= 15 is 0 Å². The fourth-order valence-electron chi connectivity index (χ4n) is 5.19. The van der Waals surface area contributed by atoms with Crippen LogP contribution in [0.25, 0.3) is 0 Å². The van der Waals surface area contributed by atoms with E-state index in [0.717, 1.165) is 43.4 Å². The van der Waals surface area contributed by atoms with Crippen LogP contribution in [0.1, 0.15) is 86.9 Å². The van der Waals surface area contributed by atoms with E-state index in [1.54, 1.807) is 6.92 Å². The molecule has 0 bridgehead atoms. The highest BCUT2D eigenvalue weighted by Crippen LogP contribution is 2.42. The third-order valence-electron chi connectivity index (χ3n) is 7.23. The molecule has 5 heteroatoms. The summed E-state index contributed by atoms with van der Waals surface area (Å²) in [7, 11) is 0. The molecule has 0 radical (unpaired) electrons. The first-order valence-corrected chi connectivity index (χ1v) is 10.4. The monoisotopic (exact) mass is 392 g/mol. The van der Waals surface area contributed by atoms with Crippen LogP contribution in [0.5, 0.6) is 0 Å². The van der Waals surface area contributed by atoms with Gasteiger partial charge in [-0.2, -0.15) is 0 Å². The smallest absolute Gasteiger partial charge is 0.309 e. The van der Waals surface area contributed by atoms with Crippen molar-refractivity contribution in [3.05, 3.63) is 0 Å². The largest absolute Gasteiger partial charge is 0.462 e. The van der Waals surface area contributed by atoms with Crippen molar-refractivity contribution in [3.8, 4) is 0 Å². The van der Waals surface area contributed by atoms with Gasteiger partial charge in [0, 0.05) is 20.2 Å². The normalized spacial score (nSPS) is 42.4. The van der Waals surface area contributed by atoms with Gasteiger partial charge in [0.05, 0.1) is 5.92 Å². The minimum atomic E-state index is -1.20. The predicted octanol–water partition coefficient (Wildman–Crippen LogP) is 5.69. The molecule has 2 atom stereocenters. The van der Waals surface area contributed by atoms with Crippen LogP contribution in [0.2, 0.25) is 0 Å². The predicted molar refractivity (Wildman–Crippen MR) is 107 cm³/mol. The van der Waals surface area contributed by atoms with Gasteiger partial charge in [0.2, 0.25) is 0 Å². The maximum atomic E-state index is 13.8. The van der Waals surface area contributed by atoms with Crippen LogP contribution in [-0.2, 0) is 9.53 Å². The van der Waals surface area contributed by atoms with E-state index < -0.39 is 24.4 Å². The van der Waals surface area contributed by atoms with E-state index in [-0.39, 0.29) is 39.1 Å². The molecule has 0 aromatic heterocycles. The molecule has 0 aromatic carbocycles. The van der Waals surface area contributed by atoms with E-state index in [2.05, 4.69) is 6.92 Å². The molecule has 0 spiro atoms. The van der Waals surface area contributed by atoms with Crippen LogP contribution < -0.4 is 0 Å². The van der Waals surface area contributed by atoms with Gasteiger partial charge in [-0.15, -0.1) is 0 Å². The van der Waals surface area contributed by atoms with Crippen molar-refractivity contribution in [2.45, 2.75) is 104 Å². The minimum Gasteiger partial charge on any atom is -0.462 e. The topological polar surface area (TPSA) is 57.8 Å². The maximum Gasteiger partial charge on any atom is 0.309 e. The van der Waals surface area contributed by atoms with Crippen LogP contribution in [0.3, 0.4) is 0 Å². The number of ether oxygens (including phenoxy) is 1. The van der Waals surface area contributed by atoms with Gasteiger partial charge in [-0.25, -0.2) is 8.78 Å². The van der Waals surface area contributed by atoms with E-state index in [9.17, 15) is 13.6 Å². The molecular weight excluding hydrogens is 350 g/mol. The first-order valence-electron chi connectivity index (χ1n) is 10.4. The van der Waals surface area contributed by atoms with Crippen molar-refractivity contribution in [1.82, 2.24) is 0 Å². The van der Waals surface area contributed by atoms with Crippen LogP contribution >= 0.6 is 0 Å². The molecule has 3 rings (SSSR count). The molecule has 2 unspecified atom stereocenters. The zero-order chi connectivity index (χ0) is 18.0. The summed E-state index contributed by atoms with van der Waals surface area (Å²) < 4.78 is 33.1. The summed E-state index contributed by atoms with van der Waals surface area (Å²) in [6, 6.07) is 0. The molecule has 3 nitrogen and oxygen atoms in total. The zero-order valence-electron chi connectivity index (χ0n) is 16.3. The molecule has 3 fully saturated rings. The quantitative estimate of drug-likeness (QED) is 0.579. The standard InChI is InChI=1S/C21H34F2O2.CH4.H2O.H2/c1-13-3-5-15(6-4-13)16-7-9-17(10-8-16)21(24)25-18-11-19(22)14(2)20(23)12-18;;;/h13-20H,3-12H2,1-2H3;1H4;1H2;1H. The number of esters is 1. The van der Waals surface area contributed by atoms with Gasteiger partial charge in [-0.1, -0.05) is 34.1 Å². The van der Waals surface area contributed by atoms with Crippen molar-refractivity contribution in [3.63, 3.8) is 0 Å². The fraction of sp³-hybridized carbons (Fsp3) is 0.955. The highest BCUT2D eigenvalue weighted by molar-refractivity contribution is 5.72. The Morgan fingerprint density at radius 1 is 0.852 bits per heavy atom. The summed E-state index contributed by atoms with van der Waals surface area (Å²) >= 11 is 0. The lowest BCUT2D eigenvalue weighted by Crippen LogP contribution is -2.39. The number of hydrogen-bond acceptors (Lipinski definition) is 2. The highest BCUT2D eigenvalue weighted by Gasteiger charge is 2.39. The molecule has 0 aromatic rings. The lowest BCUT2D eigenvalue weighted by atomic mass is 9.69. The molecule has 2 N–H and O–H groups in total. The molecule has 3 aliphatic rings. The number of carbonyl (C=O) groups is 1. The van der Waals surface area contributed by atoms with Gasteiger partial charge in [0.1, 0.15) is 18.4 Å². The Kier molecular flexibility index (Phi) is 9.67. The number of hydrogen-bond donors (Lipinski definition) is 0. The van der Waals surface area contributed by atoms with Gasteiger partial charge < -0.3 is 10.2 Å². The van der Waals surface area contributed by atoms with E-state index in [0.29, 0.717) is 0 Å². The van der Waals surface area contributed by atoms with E-state index in [1.807, 2.05) is 0 Å². The average molecular weight is 393 g/mol. The molecule has 0 aliphatic heterocycles. The van der Waals surface area contributed by atoms with E-state index in [1.165, 1.54) is 25.7 Å². The minimum absolute atomic E-state index is 0. The molecule has 162 valence electrons. The molecule has 0 saturated heterocycles. The molecule has 3 saturated carbocycles. The number of alkyl halides is 2. The van der Waals surface area contributed by atoms with Crippen LogP contribution in [0.15, 0.2) is 0 Å². The zero-order valence-corrected chi connectivity index (χ0v) is 16.3. The first kappa shape index (κ1) is 24.3. The SMILES string of the molecule is C.CC1CCC(C2CCC(C(=O)OC3CC(F)C(C)C(F)C3)CC2)CC1.O.[HH]. The second kappa shape index (κ2) is 10.7. The van der Waals surface area contributed by atoms with Crippen molar-refractivity contribution < 1.29 is 25.2 Å². The second-order valence-electron chi connectivity index (χ2n) is 9.05. The van der Waals surface area contributed by atoms with Crippen LogP contribution in [0.4, 0.5) is 8.78 Å². The molecule has 27 heavy (non-hydrogen) atoms. The summed E-state index contributed by atoms with van der Waals surface area (Å²) in [5.74, 6) is 1.62. The fourth-order valence-corrected chi connectivity index (χ4v) is 5.19. The summed E-state index contributed by atoms with van der Waals surface area (Å²) in [5.41, 5.74) is 0. The van der Waals surface area contributed by atoms with Crippen LogP contribution in [-0.4, -0.2) is 29.9 Å². The third-order valence-corrected chi connectivity index (χ3v) is 7.23. The van der Waals surface area contributed by atoms with Crippen LogP contribution in [0, 0.1) is 29.6 Å². The maximum absolute atomic E-state index is 13.8. The lowest BCUT2D eigenvalue weighted by Gasteiger charge is -2.37. The van der Waals surface area contributed by atoms with Gasteiger partial charge in [-0.05, 0) is 56.3 Å². The Hall–Kier alpha value is -0.710. The van der Waals surface area contributed by atoms with Gasteiger partial charge >= 0.3 is 5.97 Å². The van der Waals surface area contributed by atoms with Gasteiger partial charge in [0.15, 0.2) is 0 Å². The summed E-state index contributed by atoms with van der Waals surface area (Å²) in [4.78, 5) is 12.4. The Balaban J connectivity index is 0.00000243. The lowest BCUT2D eigenvalue weighted by molar-refractivity contribution is -0.160. The Morgan fingerprint density at radius 3 is 1.78 bits per heavy atom. The van der Waals surface area contributed by atoms with Gasteiger partial charge in [-0.3, -0.25) is 4.79 Å². The number of carbonyl (C=O) groups excluding carboxylic acids is 1. The third kappa shape index (κ3) is 6.13. The van der Waals surface area contributed by atoms with Crippen molar-refractivity contribution in [2.75, 3.05) is 0 Å². The molecule has 3 aliphatic carbocycles. The average Bonchev–Trinajstić information content (AvgIpc) is 2.60. The van der Waals surface area contributed by atoms with Crippen molar-refractivity contribution >= 4 is 5.97 Å².